The number of esters is 1. The standard InChI is InChI=1S/C26H28BrNO5S2/c1-4-31-21-14-18(13-20(27)24(21)33-16-19-10-7-6-9-17(19)3)15-22-25(30)28(26(34)35-22)12-8-11-23(29)32-5-2/h6-7,9-10,13-15H,4-5,8,11-12,16H2,1-3H3/b22-15-. The first-order chi connectivity index (χ1) is 16.8. The van der Waals surface area contributed by atoms with Crippen LogP contribution in [0.15, 0.2) is 45.8 Å². The highest BCUT2D eigenvalue weighted by Crippen LogP contribution is 2.40. The Morgan fingerprint density at radius 1 is 1.17 bits per heavy atom. The maximum Gasteiger partial charge on any atom is 0.305 e. The van der Waals surface area contributed by atoms with E-state index in [0.717, 1.165) is 21.2 Å². The number of ether oxygens (including phenoxy) is 3. The minimum atomic E-state index is -0.272. The zero-order valence-corrected chi connectivity index (χ0v) is 23.2. The van der Waals surface area contributed by atoms with Gasteiger partial charge < -0.3 is 14.2 Å². The molecule has 6 nitrogen and oxygen atoms in total. The molecule has 0 aliphatic carbocycles. The molecule has 0 saturated carbocycles. The number of nitrogens with zero attached hydrogens (tertiary/aromatic N) is 1. The number of halogens is 1. The topological polar surface area (TPSA) is 65.1 Å². The van der Waals surface area contributed by atoms with Crippen molar-refractivity contribution < 1.29 is 23.8 Å². The number of thiocarbonyl (C=S) groups is 1. The number of hydrogen-bond acceptors (Lipinski definition) is 7. The van der Waals surface area contributed by atoms with E-state index < -0.39 is 0 Å². The first-order valence-electron chi connectivity index (χ1n) is 11.4. The number of hydrogen-bond donors (Lipinski definition) is 0. The monoisotopic (exact) mass is 577 g/mol. The van der Waals surface area contributed by atoms with Gasteiger partial charge in [0.1, 0.15) is 10.9 Å². The van der Waals surface area contributed by atoms with Crippen molar-refractivity contribution in [2.24, 2.45) is 0 Å². The van der Waals surface area contributed by atoms with E-state index in [1.807, 2.05) is 50.2 Å². The number of amides is 1. The van der Waals surface area contributed by atoms with E-state index in [-0.39, 0.29) is 18.3 Å². The maximum absolute atomic E-state index is 12.9. The van der Waals surface area contributed by atoms with Crippen molar-refractivity contribution in [2.75, 3.05) is 19.8 Å². The minimum absolute atomic E-state index is 0.169. The number of aryl methyl sites for hydroxylation is 1. The molecule has 35 heavy (non-hydrogen) atoms. The van der Waals surface area contributed by atoms with Crippen LogP contribution in [0.3, 0.4) is 0 Å². The summed E-state index contributed by atoms with van der Waals surface area (Å²) in [5, 5.41) is 0. The first kappa shape index (κ1) is 27.2. The Hall–Kier alpha value is -2.36. The molecule has 1 fully saturated rings. The van der Waals surface area contributed by atoms with Gasteiger partial charge in [-0.2, -0.15) is 0 Å². The van der Waals surface area contributed by atoms with Crippen molar-refractivity contribution in [1.29, 1.82) is 0 Å². The summed E-state index contributed by atoms with van der Waals surface area (Å²) in [6.07, 6.45) is 2.53. The summed E-state index contributed by atoms with van der Waals surface area (Å²) < 4.78 is 18.1. The normalized spacial score (nSPS) is 14.5. The van der Waals surface area contributed by atoms with Crippen LogP contribution < -0.4 is 9.47 Å². The summed E-state index contributed by atoms with van der Waals surface area (Å²) in [5.41, 5.74) is 3.04. The zero-order chi connectivity index (χ0) is 25.4. The van der Waals surface area contributed by atoms with Gasteiger partial charge in [0.2, 0.25) is 0 Å². The zero-order valence-electron chi connectivity index (χ0n) is 20.0. The van der Waals surface area contributed by atoms with E-state index in [0.29, 0.717) is 53.5 Å². The van der Waals surface area contributed by atoms with Crippen LogP contribution in [0.4, 0.5) is 0 Å². The highest BCUT2D eigenvalue weighted by Gasteiger charge is 2.31. The van der Waals surface area contributed by atoms with Gasteiger partial charge in [0.25, 0.3) is 5.91 Å². The largest absolute Gasteiger partial charge is 0.490 e. The Labute approximate surface area is 224 Å². The molecule has 0 atom stereocenters. The van der Waals surface area contributed by atoms with Crippen LogP contribution >= 0.6 is 39.9 Å². The average Bonchev–Trinajstić information content (AvgIpc) is 3.07. The van der Waals surface area contributed by atoms with Crippen molar-refractivity contribution in [2.45, 2.75) is 40.2 Å². The third-order valence-corrected chi connectivity index (χ3v) is 7.17. The Kier molecular flexibility index (Phi) is 10.2. The molecule has 1 aliphatic heterocycles. The average molecular weight is 579 g/mol. The summed E-state index contributed by atoms with van der Waals surface area (Å²) in [6.45, 7) is 7.33. The van der Waals surface area contributed by atoms with Gasteiger partial charge in [0.15, 0.2) is 11.5 Å². The van der Waals surface area contributed by atoms with Crippen molar-refractivity contribution in [3.05, 3.63) is 62.5 Å². The smallest absolute Gasteiger partial charge is 0.305 e. The van der Waals surface area contributed by atoms with Gasteiger partial charge in [0.05, 0.1) is 22.6 Å². The highest BCUT2D eigenvalue weighted by atomic mass is 79.9. The summed E-state index contributed by atoms with van der Waals surface area (Å²) in [7, 11) is 0. The van der Waals surface area contributed by atoms with Crippen molar-refractivity contribution >= 4 is 62.2 Å². The second-order valence-electron chi connectivity index (χ2n) is 7.72. The van der Waals surface area contributed by atoms with Crippen molar-refractivity contribution in [3.8, 4) is 11.5 Å². The Balaban J connectivity index is 1.75. The highest BCUT2D eigenvalue weighted by molar-refractivity contribution is 9.10. The lowest BCUT2D eigenvalue weighted by Crippen LogP contribution is -2.29. The molecule has 3 rings (SSSR count). The lowest BCUT2D eigenvalue weighted by atomic mass is 10.1. The Bertz CT molecular complexity index is 1130. The third-order valence-electron chi connectivity index (χ3n) is 5.20. The Morgan fingerprint density at radius 2 is 1.94 bits per heavy atom. The van der Waals surface area contributed by atoms with E-state index in [2.05, 4.69) is 15.9 Å². The molecule has 0 unspecified atom stereocenters. The minimum Gasteiger partial charge on any atom is -0.490 e. The van der Waals surface area contributed by atoms with E-state index in [1.54, 1.807) is 13.0 Å². The van der Waals surface area contributed by atoms with E-state index >= 15 is 0 Å². The van der Waals surface area contributed by atoms with Gasteiger partial charge in [-0.3, -0.25) is 14.5 Å². The molecular weight excluding hydrogens is 550 g/mol. The van der Waals surface area contributed by atoms with E-state index in [1.165, 1.54) is 16.7 Å². The molecule has 2 aromatic rings. The fourth-order valence-electron chi connectivity index (χ4n) is 3.46. The quantitative estimate of drug-likeness (QED) is 0.177. The predicted molar refractivity (Wildman–Crippen MR) is 147 cm³/mol. The van der Waals surface area contributed by atoms with Crippen LogP contribution in [0.1, 0.15) is 43.4 Å². The first-order valence-corrected chi connectivity index (χ1v) is 13.4. The molecule has 1 amide bonds. The number of carbonyl (C=O) groups is 2. The van der Waals surface area contributed by atoms with Crippen LogP contribution in [0, 0.1) is 6.92 Å². The number of rotatable bonds is 11. The number of thioether (sulfide) groups is 1. The van der Waals surface area contributed by atoms with Gasteiger partial charge >= 0.3 is 5.97 Å². The van der Waals surface area contributed by atoms with Crippen LogP contribution in [-0.4, -0.2) is 40.9 Å². The molecular formula is C26H28BrNO5S2. The summed E-state index contributed by atoms with van der Waals surface area (Å²) in [6, 6.07) is 11.8. The molecule has 0 N–H and O–H groups in total. The SMILES string of the molecule is CCOC(=O)CCCN1C(=O)/C(=C/c2cc(Br)c(OCc3ccccc3C)c(OCC)c2)SC1=S. The number of benzene rings is 2. The third kappa shape index (κ3) is 7.32. The van der Waals surface area contributed by atoms with Gasteiger partial charge in [-0.1, -0.05) is 48.2 Å². The van der Waals surface area contributed by atoms with Gasteiger partial charge in [0, 0.05) is 13.0 Å². The molecule has 9 heteroatoms. The predicted octanol–water partition coefficient (Wildman–Crippen LogP) is 6.28. The van der Waals surface area contributed by atoms with Gasteiger partial charge in [-0.05, 0) is 78.0 Å². The van der Waals surface area contributed by atoms with Gasteiger partial charge in [-0.25, -0.2) is 0 Å². The molecule has 0 aromatic heterocycles. The molecule has 186 valence electrons. The second kappa shape index (κ2) is 13.1. The second-order valence-corrected chi connectivity index (χ2v) is 10.3. The Morgan fingerprint density at radius 3 is 2.66 bits per heavy atom. The maximum atomic E-state index is 12.9. The molecule has 1 saturated heterocycles. The molecule has 2 aromatic carbocycles. The molecule has 0 spiro atoms. The summed E-state index contributed by atoms with van der Waals surface area (Å²) in [5.74, 6) is 0.759. The summed E-state index contributed by atoms with van der Waals surface area (Å²) in [4.78, 5) is 26.6. The van der Waals surface area contributed by atoms with Crippen LogP contribution in [0.2, 0.25) is 0 Å². The lowest BCUT2D eigenvalue weighted by molar-refractivity contribution is -0.143. The van der Waals surface area contributed by atoms with Crippen molar-refractivity contribution in [1.82, 2.24) is 4.90 Å². The van der Waals surface area contributed by atoms with E-state index in [9.17, 15) is 9.59 Å². The van der Waals surface area contributed by atoms with Crippen molar-refractivity contribution in [3.63, 3.8) is 0 Å². The molecule has 1 aliphatic rings. The van der Waals surface area contributed by atoms with Gasteiger partial charge in [-0.15, -0.1) is 0 Å². The lowest BCUT2D eigenvalue weighted by Gasteiger charge is -2.16. The number of carbonyl (C=O) groups excluding carboxylic acids is 2. The van der Waals surface area contributed by atoms with E-state index in [4.69, 9.17) is 26.4 Å². The molecule has 0 radical (unpaired) electrons. The molecule has 1 heterocycles. The van der Waals surface area contributed by atoms with Crippen LogP contribution in [-0.2, 0) is 20.9 Å². The van der Waals surface area contributed by atoms with Crippen LogP contribution in [0.5, 0.6) is 11.5 Å². The van der Waals surface area contributed by atoms with Crippen LogP contribution in [0.25, 0.3) is 6.08 Å². The fraction of sp³-hybridized carbons (Fsp3) is 0.346. The fourth-order valence-corrected chi connectivity index (χ4v) is 5.34. The summed E-state index contributed by atoms with van der Waals surface area (Å²) >= 11 is 10.3. The molecule has 0 bridgehead atoms.